The molecule has 1 heterocycles. The molecule has 0 aromatic carbocycles. The number of ether oxygens (including phenoxy) is 3. The molecule has 0 saturated carbocycles. The van der Waals surface area contributed by atoms with Crippen LogP contribution in [-0.2, 0) is 19.0 Å². The summed E-state index contributed by atoms with van der Waals surface area (Å²) in [5.74, 6) is -0.403. The zero-order valence-corrected chi connectivity index (χ0v) is 8.83. The van der Waals surface area contributed by atoms with Crippen LogP contribution in [0.3, 0.4) is 0 Å². The van der Waals surface area contributed by atoms with Crippen molar-refractivity contribution in [2.24, 2.45) is 0 Å². The van der Waals surface area contributed by atoms with E-state index < -0.39 is 11.6 Å². The topological polar surface area (TPSA) is 44.8 Å². The summed E-state index contributed by atoms with van der Waals surface area (Å²) in [5, 5.41) is 0. The highest BCUT2D eigenvalue weighted by atomic mass is 16.6. The predicted molar refractivity (Wildman–Crippen MR) is 50.9 cm³/mol. The summed E-state index contributed by atoms with van der Waals surface area (Å²) >= 11 is 0. The Bertz CT molecular complexity index is 249. The molecule has 0 N–H and O–H groups in total. The molecule has 0 bridgehead atoms. The van der Waals surface area contributed by atoms with Gasteiger partial charge in [-0.15, -0.1) is 0 Å². The Morgan fingerprint density at radius 3 is 2.79 bits per heavy atom. The van der Waals surface area contributed by atoms with Gasteiger partial charge < -0.3 is 14.2 Å². The number of carbonyl (C=O) groups is 1. The molecule has 1 aliphatic rings. The monoisotopic (exact) mass is 200 g/mol. The number of esters is 1. The van der Waals surface area contributed by atoms with Crippen LogP contribution in [0.1, 0.15) is 13.8 Å². The molecule has 1 saturated heterocycles. The van der Waals surface area contributed by atoms with Crippen molar-refractivity contribution in [3.63, 3.8) is 0 Å². The highest BCUT2D eigenvalue weighted by molar-refractivity contribution is 5.87. The van der Waals surface area contributed by atoms with Gasteiger partial charge in [-0.3, -0.25) is 0 Å². The molecule has 0 radical (unpaired) electrons. The van der Waals surface area contributed by atoms with Crippen LogP contribution in [0.5, 0.6) is 0 Å². The van der Waals surface area contributed by atoms with Gasteiger partial charge in [0.1, 0.15) is 6.10 Å². The van der Waals surface area contributed by atoms with Gasteiger partial charge in [0.05, 0.1) is 13.2 Å². The van der Waals surface area contributed by atoms with E-state index in [1.54, 1.807) is 21.0 Å². The van der Waals surface area contributed by atoms with Crippen LogP contribution in [-0.4, -0.2) is 38.0 Å². The molecule has 0 aliphatic carbocycles. The summed E-state index contributed by atoms with van der Waals surface area (Å²) < 4.78 is 15.7. The predicted octanol–water partition coefficient (Wildman–Crippen LogP) is 0.910. The summed E-state index contributed by atoms with van der Waals surface area (Å²) in [6.07, 6.45) is -0.203. The van der Waals surface area contributed by atoms with Gasteiger partial charge in [0.2, 0.25) is 0 Å². The second-order valence-corrected chi connectivity index (χ2v) is 3.72. The zero-order chi connectivity index (χ0) is 10.8. The van der Waals surface area contributed by atoms with E-state index in [1.165, 1.54) is 0 Å². The third-order valence-electron chi connectivity index (χ3n) is 2.30. The minimum absolute atomic E-state index is 0.203. The number of hydrogen-bond acceptors (Lipinski definition) is 4. The quantitative estimate of drug-likeness (QED) is 0.501. The minimum atomic E-state index is -0.690. The van der Waals surface area contributed by atoms with Crippen molar-refractivity contribution in [1.29, 1.82) is 0 Å². The standard InChI is InChI=1S/C10H16O4/c1-7(2)9(11)14-10(3)6-13-5-8(10)12-4/h8H,1,5-6H2,2-4H3. The van der Waals surface area contributed by atoms with Crippen LogP contribution >= 0.6 is 0 Å². The molecule has 1 rings (SSSR count). The fourth-order valence-corrected chi connectivity index (χ4v) is 1.35. The first kappa shape index (κ1) is 11.2. The second-order valence-electron chi connectivity index (χ2n) is 3.72. The van der Waals surface area contributed by atoms with Gasteiger partial charge in [-0.05, 0) is 13.8 Å². The molecule has 2 unspecified atom stereocenters. The van der Waals surface area contributed by atoms with Crippen molar-refractivity contribution in [3.8, 4) is 0 Å². The lowest BCUT2D eigenvalue weighted by molar-refractivity contribution is -0.162. The van der Waals surface area contributed by atoms with Crippen molar-refractivity contribution >= 4 is 5.97 Å². The Morgan fingerprint density at radius 2 is 2.29 bits per heavy atom. The summed E-state index contributed by atoms with van der Waals surface area (Å²) in [7, 11) is 1.58. The molecule has 0 amide bonds. The smallest absolute Gasteiger partial charge is 0.333 e. The van der Waals surface area contributed by atoms with Gasteiger partial charge in [0.15, 0.2) is 5.60 Å². The maximum Gasteiger partial charge on any atom is 0.333 e. The van der Waals surface area contributed by atoms with Crippen LogP contribution in [0.2, 0.25) is 0 Å². The second kappa shape index (κ2) is 4.11. The van der Waals surface area contributed by atoms with Gasteiger partial charge in [0.25, 0.3) is 0 Å². The molecule has 0 aromatic heterocycles. The van der Waals surface area contributed by atoms with E-state index in [0.717, 1.165) is 0 Å². The molecule has 2 atom stereocenters. The number of carbonyl (C=O) groups excluding carboxylic acids is 1. The van der Waals surface area contributed by atoms with E-state index in [4.69, 9.17) is 14.2 Å². The molecule has 4 heteroatoms. The Balaban J connectivity index is 2.65. The van der Waals surface area contributed by atoms with Gasteiger partial charge in [-0.25, -0.2) is 4.79 Å². The van der Waals surface area contributed by atoms with E-state index in [0.29, 0.717) is 18.8 Å². The van der Waals surface area contributed by atoms with E-state index in [9.17, 15) is 4.79 Å². The van der Waals surface area contributed by atoms with Crippen molar-refractivity contribution < 1.29 is 19.0 Å². The van der Waals surface area contributed by atoms with Crippen molar-refractivity contribution in [3.05, 3.63) is 12.2 Å². The van der Waals surface area contributed by atoms with Gasteiger partial charge in [0, 0.05) is 12.7 Å². The largest absolute Gasteiger partial charge is 0.451 e. The Labute approximate surface area is 83.8 Å². The molecule has 0 aromatic rings. The van der Waals surface area contributed by atoms with E-state index in [1.807, 2.05) is 0 Å². The molecule has 80 valence electrons. The first-order valence-electron chi connectivity index (χ1n) is 4.49. The third kappa shape index (κ3) is 2.13. The van der Waals surface area contributed by atoms with Crippen LogP contribution in [0, 0.1) is 0 Å². The van der Waals surface area contributed by atoms with E-state index in [-0.39, 0.29) is 6.10 Å². The fourth-order valence-electron chi connectivity index (χ4n) is 1.35. The van der Waals surface area contributed by atoms with Gasteiger partial charge in [-0.1, -0.05) is 6.58 Å². The Morgan fingerprint density at radius 1 is 1.64 bits per heavy atom. The molecular weight excluding hydrogens is 184 g/mol. The minimum Gasteiger partial charge on any atom is -0.451 e. The maximum atomic E-state index is 11.3. The van der Waals surface area contributed by atoms with Crippen LogP contribution in [0.4, 0.5) is 0 Å². The van der Waals surface area contributed by atoms with Gasteiger partial charge in [-0.2, -0.15) is 0 Å². The summed E-state index contributed by atoms with van der Waals surface area (Å²) in [5.41, 5.74) is -0.307. The zero-order valence-electron chi connectivity index (χ0n) is 8.83. The SMILES string of the molecule is C=C(C)C(=O)OC1(C)COCC1OC. The van der Waals surface area contributed by atoms with Crippen molar-refractivity contribution in [2.75, 3.05) is 20.3 Å². The normalized spacial score (nSPS) is 31.5. The Kier molecular flexibility index (Phi) is 3.29. The van der Waals surface area contributed by atoms with Crippen molar-refractivity contribution in [1.82, 2.24) is 0 Å². The van der Waals surface area contributed by atoms with E-state index in [2.05, 4.69) is 6.58 Å². The highest BCUT2D eigenvalue weighted by Gasteiger charge is 2.44. The lowest BCUT2D eigenvalue weighted by Crippen LogP contribution is -2.44. The average Bonchev–Trinajstić information content (AvgIpc) is 2.46. The molecule has 4 nitrogen and oxygen atoms in total. The molecule has 1 aliphatic heterocycles. The van der Waals surface area contributed by atoms with Crippen LogP contribution in [0.25, 0.3) is 0 Å². The van der Waals surface area contributed by atoms with Crippen LogP contribution < -0.4 is 0 Å². The molecular formula is C10H16O4. The average molecular weight is 200 g/mol. The van der Waals surface area contributed by atoms with Crippen molar-refractivity contribution in [2.45, 2.75) is 25.6 Å². The third-order valence-corrected chi connectivity index (χ3v) is 2.30. The van der Waals surface area contributed by atoms with Crippen LogP contribution in [0.15, 0.2) is 12.2 Å². The Hall–Kier alpha value is -0.870. The lowest BCUT2D eigenvalue weighted by Gasteiger charge is -2.28. The molecule has 14 heavy (non-hydrogen) atoms. The summed E-state index contributed by atoms with van der Waals surface area (Å²) in [6, 6.07) is 0. The molecule has 1 fully saturated rings. The number of hydrogen-bond donors (Lipinski definition) is 0. The first-order valence-corrected chi connectivity index (χ1v) is 4.49. The highest BCUT2D eigenvalue weighted by Crippen LogP contribution is 2.26. The fraction of sp³-hybridized carbons (Fsp3) is 0.700. The first-order chi connectivity index (χ1) is 6.49. The molecule has 0 spiro atoms. The number of methoxy groups -OCH3 is 1. The maximum absolute atomic E-state index is 11.3. The summed E-state index contributed by atoms with van der Waals surface area (Å²) in [6.45, 7) is 7.76. The lowest BCUT2D eigenvalue weighted by atomic mass is 10.0. The van der Waals surface area contributed by atoms with Gasteiger partial charge >= 0.3 is 5.97 Å². The summed E-state index contributed by atoms with van der Waals surface area (Å²) in [4.78, 5) is 11.3. The number of rotatable bonds is 3. The van der Waals surface area contributed by atoms with E-state index >= 15 is 0 Å².